The van der Waals surface area contributed by atoms with Crippen molar-refractivity contribution in [3.63, 3.8) is 0 Å². The van der Waals surface area contributed by atoms with Gasteiger partial charge < -0.3 is 4.90 Å². The Balaban J connectivity index is 1.90. The van der Waals surface area contributed by atoms with Gasteiger partial charge in [-0.15, -0.1) is 0 Å². The van der Waals surface area contributed by atoms with E-state index in [1.807, 2.05) is 39.1 Å². The average molecular weight is 379 g/mol. The van der Waals surface area contributed by atoms with Gasteiger partial charge in [-0.3, -0.25) is 4.79 Å². The number of carbonyl (C=O) groups is 1. The van der Waals surface area contributed by atoms with E-state index < -0.39 is 10.2 Å². The molecule has 1 saturated heterocycles. The third-order valence-electron chi connectivity index (χ3n) is 5.20. The molecule has 2 aromatic heterocycles. The summed E-state index contributed by atoms with van der Waals surface area (Å²) in [5.41, 5.74) is 2.31. The summed E-state index contributed by atoms with van der Waals surface area (Å²) in [7, 11) is -0.474. The van der Waals surface area contributed by atoms with Gasteiger partial charge >= 0.3 is 0 Å². The van der Waals surface area contributed by atoms with Gasteiger partial charge in [-0.05, 0) is 32.4 Å². The van der Waals surface area contributed by atoms with Crippen LogP contribution in [0.15, 0.2) is 24.5 Å². The zero-order valence-corrected chi connectivity index (χ0v) is 16.6. The lowest BCUT2D eigenvalue weighted by molar-refractivity contribution is 0.0476. The highest BCUT2D eigenvalue weighted by molar-refractivity contribution is 7.86. The summed E-state index contributed by atoms with van der Waals surface area (Å²) in [5.74, 6) is -0.115. The van der Waals surface area contributed by atoms with Crippen molar-refractivity contribution in [3.8, 4) is 0 Å². The largest absolute Gasteiger partial charge is 0.333 e. The quantitative estimate of drug-likeness (QED) is 0.797. The second kappa shape index (κ2) is 6.64. The predicted molar refractivity (Wildman–Crippen MR) is 99.2 cm³/mol. The van der Waals surface area contributed by atoms with Crippen LogP contribution < -0.4 is 0 Å². The summed E-state index contributed by atoms with van der Waals surface area (Å²) in [4.78, 5) is 14.9. The Morgan fingerprint density at radius 1 is 1.23 bits per heavy atom. The van der Waals surface area contributed by atoms with Gasteiger partial charge in [0.05, 0.1) is 17.3 Å². The maximum atomic E-state index is 13.2. The van der Waals surface area contributed by atoms with Crippen LogP contribution in [0.1, 0.15) is 29.8 Å². The van der Waals surface area contributed by atoms with Crippen molar-refractivity contribution < 1.29 is 13.2 Å². The number of piperazine rings is 1. The van der Waals surface area contributed by atoms with Crippen LogP contribution in [-0.2, 0) is 10.2 Å². The number of fused-ring (bicyclic) bond motifs is 1. The molecule has 3 heterocycles. The number of pyridine rings is 1. The van der Waals surface area contributed by atoms with Gasteiger partial charge in [-0.2, -0.15) is 22.1 Å². The number of aryl methyl sites for hydroxylation is 1. The standard InChI is InChI=1S/C17H25N5O3S/c1-12-7-6-8-21-16(12)15(11-18-21)17(23)20-9-10-22(14(3)13(20)2)26(24,25)19(4)5/h6-8,11,13-14H,9-10H2,1-5H3/t13-,14+/m0/s1. The van der Waals surface area contributed by atoms with Gasteiger partial charge in [0.15, 0.2) is 0 Å². The molecule has 1 aliphatic rings. The van der Waals surface area contributed by atoms with Crippen LogP contribution in [0.4, 0.5) is 0 Å². The van der Waals surface area contributed by atoms with Crippen molar-refractivity contribution in [1.82, 2.24) is 23.1 Å². The van der Waals surface area contributed by atoms with Crippen molar-refractivity contribution in [2.45, 2.75) is 32.9 Å². The molecule has 9 heteroatoms. The first-order valence-corrected chi connectivity index (χ1v) is 9.99. The molecular weight excluding hydrogens is 354 g/mol. The Morgan fingerprint density at radius 2 is 1.92 bits per heavy atom. The Bertz CT molecular complexity index is 937. The Hall–Kier alpha value is -1.97. The molecule has 0 radical (unpaired) electrons. The lowest BCUT2D eigenvalue weighted by Gasteiger charge is -2.44. The maximum Gasteiger partial charge on any atom is 0.281 e. The van der Waals surface area contributed by atoms with Gasteiger partial charge in [0.25, 0.3) is 16.1 Å². The van der Waals surface area contributed by atoms with Crippen LogP contribution in [0, 0.1) is 6.92 Å². The fourth-order valence-corrected chi connectivity index (χ4v) is 4.79. The van der Waals surface area contributed by atoms with Gasteiger partial charge in [0.2, 0.25) is 0 Å². The van der Waals surface area contributed by atoms with Crippen molar-refractivity contribution >= 4 is 21.6 Å². The van der Waals surface area contributed by atoms with E-state index in [2.05, 4.69) is 5.10 Å². The molecule has 1 amide bonds. The van der Waals surface area contributed by atoms with Gasteiger partial charge in [-0.1, -0.05) is 6.07 Å². The molecule has 1 fully saturated rings. The molecule has 0 unspecified atom stereocenters. The van der Waals surface area contributed by atoms with E-state index in [0.717, 1.165) is 11.1 Å². The number of rotatable bonds is 3. The second-order valence-electron chi connectivity index (χ2n) is 6.92. The minimum absolute atomic E-state index is 0.115. The van der Waals surface area contributed by atoms with Crippen LogP contribution in [0.2, 0.25) is 0 Å². The lowest BCUT2D eigenvalue weighted by atomic mass is 10.1. The van der Waals surface area contributed by atoms with E-state index in [0.29, 0.717) is 12.1 Å². The number of amides is 1. The van der Waals surface area contributed by atoms with Gasteiger partial charge in [-0.25, -0.2) is 4.52 Å². The highest BCUT2D eigenvalue weighted by Gasteiger charge is 2.40. The topological polar surface area (TPSA) is 78.2 Å². The monoisotopic (exact) mass is 379 g/mol. The third-order valence-corrected chi connectivity index (χ3v) is 7.23. The first-order chi connectivity index (χ1) is 12.2. The molecule has 0 saturated carbocycles. The normalized spacial score (nSPS) is 22.3. The summed E-state index contributed by atoms with van der Waals surface area (Å²) >= 11 is 0. The molecule has 0 aliphatic carbocycles. The molecule has 1 aliphatic heterocycles. The summed E-state index contributed by atoms with van der Waals surface area (Å²) in [6, 6.07) is 3.27. The molecule has 0 bridgehead atoms. The number of aromatic nitrogens is 2. The molecule has 142 valence electrons. The van der Waals surface area contributed by atoms with E-state index in [1.165, 1.54) is 22.7 Å². The molecule has 2 atom stereocenters. The number of hydrogen-bond donors (Lipinski definition) is 0. The molecule has 2 aromatic rings. The van der Waals surface area contributed by atoms with E-state index in [9.17, 15) is 13.2 Å². The third kappa shape index (κ3) is 2.89. The number of hydrogen-bond acceptors (Lipinski definition) is 4. The van der Waals surface area contributed by atoms with Crippen LogP contribution in [0.25, 0.3) is 5.52 Å². The van der Waals surface area contributed by atoms with Crippen LogP contribution in [0.5, 0.6) is 0 Å². The minimum Gasteiger partial charge on any atom is -0.333 e. The fourth-order valence-electron chi connectivity index (χ4n) is 3.46. The SMILES string of the molecule is Cc1cccn2ncc(C(=O)N3CCN(S(=O)(=O)N(C)C)[C@H](C)[C@@H]3C)c12. The lowest BCUT2D eigenvalue weighted by Crippen LogP contribution is -2.61. The fraction of sp³-hybridized carbons (Fsp3) is 0.529. The average Bonchev–Trinajstić information content (AvgIpc) is 3.01. The van der Waals surface area contributed by atoms with E-state index >= 15 is 0 Å². The molecule has 0 aromatic carbocycles. The van der Waals surface area contributed by atoms with Crippen molar-refractivity contribution in [1.29, 1.82) is 0 Å². The summed E-state index contributed by atoms with van der Waals surface area (Å²) in [5, 5.41) is 4.27. The molecule has 3 rings (SSSR count). The highest BCUT2D eigenvalue weighted by Crippen LogP contribution is 2.25. The maximum absolute atomic E-state index is 13.2. The molecular formula is C17H25N5O3S. The van der Waals surface area contributed by atoms with Crippen LogP contribution in [-0.4, -0.2) is 76.7 Å². The van der Waals surface area contributed by atoms with Crippen LogP contribution in [0.3, 0.4) is 0 Å². The smallest absolute Gasteiger partial charge is 0.281 e. The van der Waals surface area contributed by atoms with Gasteiger partial charge in [0.1, 0.15) is 0 Å². The predicted octanol–water partition coefficient (Wildman–Crippen LogP) is 0.984. The minimum atomic E-state index is -3.51. The Morgan fingerprint density at radius 3 is 2.58 bits per heavy atom. The summed E-state index contributed by atoms with van der Waals surface area (Å²) < 4.78 is 29.4. The number of carbonyl (C=O) groups excluding carboxylic acids is 1. The zero-order chi connectivity index (χ0) is 19.2. The second-order valence-corrected chi connectivity index (χ2v) is 9.02. The zero-order valence-electron chi connectivity index (χ0n) is 15.7. The molecule has 0 spiro atoms. The molecule has 8 nitrogen and oxygen atoms in total. The molecule has 26 heavy (non-hydrogen) atoms. The van der Waals surface area contributed by atoms with E-state index in [-0.39, 0.29) is 24.5 Å². The Kier molecular flexibility index (Phi) is 4.80. The van der Waals surface area contributed by atoms with E-state index in [1.54, 1.807) is 15.6 Å². The van der Waals surface area contributed by atoms with Crippen molar-refractivity contribution in [2.24, 2.45) is 0 Å². The van der Waals surface area contributed by atoms with Crippen LogP contribution >= 0.6 is 0 Å². The number of nitrogens with zero attached hydrogens (tertiary/aromatic N) is 5. The molecule has 0 N–H and O–H groups in total. The Labute approximate surface area is 154 Å². The first-order valence-electron chi connectivity index (χ1n) is 8.59. The van der Waals surface area contributed by atoms with Crippen molar-refractivity contribution in [2.75, 3.05) is 27.2 Å². The van der Waals surface area contributed by atoms with E-state index in [4.69, 9.17) is 0 Å². The van der Waals surface area contributed by atoms with Crippen molar-refractivity contribution in [3.05, 3.63) is 35.7 Å². The van der Waals surface area contributed by atoms with Gasteiger partial charge in [0, 0.05) is 45.5 Å². The highest BCUT2D eigenvalue weighted by atomic mass is 32.2. The summed E-state index contributed by atoms with van der Waals surface area (Å²) in [6.45, 7) is 6.29. The first kappa shape index (κ1) is 18.8. The summed E-state index contributed by atoms with van der Waals surface area (Å²) in [6.07, 6.45) is 3.40.